The van der Waals surface area contributed by atoms with Crippen LogP contribution in [0.2, 0.25) is 0 Å². The van der Waals surface area contributed by atoms with Gasteiger partial charge in [0.2, 0.25) is 11.8 Å². The van der Waals surface area contributed by atoms with Gasteiger partial charge in [-0.1, -0.05) is 0 Å². The smallest absolute Gasteiger partial charge is 0.230 e. The maximum absolute atomic E-state index is 12.5. The molecular weight excluding hydrogens is 360 g/mol. The first-order chi connectivity index (χ1) is 13.5. The van der Waals surface area contributed by atoms with Crippen LogP contribution in [0.4, 0.5) is 5.69 Å². The second-order valence-electron chi connectivity index (χ2n) is 6.04. The first-order valence-corrected chi connectivity index (χ1v) is 8.66. The molecule has 1 N–H and O–H groups in total. The van der Waals surface area contributed by atoms with E-state index < -0.39 is 0 Å². The highest BCUT2D eigenvalue weighted by atomic mass is 16.5. The summed E-state index contributed by atoms with van der Waals surface area (Å²) in [6, 6.07) is 12.6. The molecule has 7 nitrogen and oxygen atoms in total. The summed E-state index contributed by atoms with van der Waals surface area (Å²) in [7, 11) is 4.72. The summed E-state index contributed by atoms with van der Waals surface area (Å²) in [5.41, 5.74) is 1.95. The van der Waals surface area contributed by atoms with Crippen LogP contribution < -0.4 is 19.5 Å². The SMILES string of the molecule is COc1ccc(-c2nc(CC(=O)Nc3ccc(OC)cc3OC)c(C)o2)cc1. The summed E-state index contributed by atoms with van der Waals surface area (Å²) in [6.45, 7) is 1.79. The maximum atomic E-state index is 12.5. The van der Waals surface area contributed by atoms with E-state index in [0.29, 0.717) is 34.5 Å². The van der Waals surface area contributed by atoms with E-state index in [4.69, 9.17) is 18.6 Å². The summed E-state index contributed by atoms with van der Waals surface area (Å²) in [6.07, 6.45) is 0.0840. The number of aromatic nitrogens is 1. The van der Waals surface area contributed by atoms with Crippen LogP contribution in [0.3, 0.4) is 0 Å². The Labute approximate surface area is 163 Å². The molecule has 1 aromatic heterocycles. The van der Waals surface area contributed by atoms with Crippen LogP contribution in [0.5, 0.6) is 17.2 Å². The van der Waals surface area contributed by atoms with Crippen molar-refractivity contribution in [2.45, 2.75) is 13.3 Å². The minimum atomic E-state index is -0.221. The Kier molecular flexibility index (Phi) is 5.84. The first kappa shape index (κ1) is 19.3. The van der Waals surface area contributed by atoms with E-state index in [2.05, 4.69) is 10.3 Å². The number of ether oxygens (including phenoxy) is 3. The maximum Gasteiger partial charge on any atom is 0.230 e. The van der Waals surface area contributed by atoms with E-state index in [1.807, 2.05) is 24.3 Å². The van der Waals surface area contributed by atoms with Gasteiger partial charge in [0.05, 0.1) is 39.1 Å². The summed E-state index contributed by atoms with van der Waals surface area (Å²) >= 11 is 0. The minimum Gasteiger partial charge on any atom is -0.497 e. The Morgan fingerprint density at radius 1 is 1.00 bits per heavy atom. The molecule has 0 saturated heterocycles. The molecule has 0 fully saturated rings. The lowest BCUT2D eigenvalue weighted by atomic mass is 10.2. The molecule has 1 amide bonds. The van der Waals surface area contributed by atoms with Crippen molar-refractivity contribution in [2.75, 3.05) is 26.6 Å². The van der Waals surface area contributed by atoms with Crippen LogP contribution >= 0.6 is 0 Å². The molecule has 28 heavy (non-hydrogen) atoms. The molecule has 0 unspecified atom stereocenters. The van der Waals surface area contributed by atoms with Gasteiger partial charge in [0.1, 0.15) is 23.0 Å². The standard InChI is InChI=1S/C21H22N2O5/c1-13-18(23-21(28-13)14-5-7-15(25-2)8-6-14)12-20(24)22-17-10-9-16(26-3)11-19(17)27-4/h5-11H,12H2,1-4H3,(H,22,24). The molecule has 0 saturated carbocycles. The van der Waals surface area contributed by atoms with Gasteiger partial charge in [0.25, 0.3) is 0 Å². The highest BCUT2D eigenvalue weighted by Gasteiger charge is 2.16. The van der Waals surface area contributed by atoms with Crippen LogP contribution in [0.15, 0.2) is 46.9 Å². The van der Waals surface area contributed by atoms with E-state index in [9.17, 15) is 4.79 Å². The van der Waals surface area contributed by atoms with E-state index in [0.717, 1.165) is 11.3 Å². The van der Waals surface area contributed by atoms with Gasteiger partial charge in [0.15, 0.2) is 0 Å². The van der Waals surface area contributed by atoms with Crippen molar-refractivity contribution in [3.63, 3.8) is 0 Å². The van der Waals surface area contributed by atoms with E-state index in [1.165, 1.54) is 7.11 Å². The van der Waals surface area contributed by atoms with Gasteiger partial charge in [-0.15, -0.1) is 0 Å². The number of nitrogens with one attached hydrogen (secondary N) is 1. The number of carbonyl (C=O) groups excluding carboxylic acids is 1. The third-order valence-electron chi connectivity index (χ3n) is 4.24. The quantitative estimate of drug-likeness (QED) is 0.668. The Balaban J connectivity index is 1.73. The van der Waals surface area contributed by atoms with E-state index >= 15 is 0 Å². The molecule has 0 radical (unpaired) electrons. The lowest BCUT2D eigenvalue weighted by Gasteiger charge is -2.11. The Morgan fingerprint density at radius 2 is 1.68 bits per heavy atom. The van der Waals surface area contributed by atoms with Crippen molar-refractivity contribution in [1.29, 1.82) is 0 Å². The van der Waals surface area contributed by atoms with Crippen LogP contribution in [-0.2, 0) is 11.2 Å². The van der Waals surface area contributed by atoms with Crippen molar-refractivity contribution < 1.29 is 23.4 Å². The van der Waals surface area contributed by atoms with Gasteiger partial charge >= 0.3 is 0 Å². The molecule has 7 heteroatoms. The predicted molar refractivity (Wildman–Crippen MR) is 105 cm³/mol. The van der Waals surface area contributed by atoms with Crippen LogP contribution in [0, 0.1) is 6.92 Å². The van der Waals surface area contributed by atoms with Gasteiger partial charge in [-0.2, -0.15) is 0 Å². The number of oxazole rings is 1. The average molecular weight is 382 g/mol. The number of rotatable bonds is 7. The zero-order valence-corrected chi connectivity index (χ0v) is 16.2. The van der Waals surface area contributed by atoms with Gasteiger partial charge in [0, 0.05) is 11.6 Å². The molecule has 0 bridgehead atoms. The predicted octanol–water partition coefficient (Wildman–Crippen LogP) is 3.86. The normalized spacial score (nSPS) is 10.4. The van der Waals surface area contributed by atoms with Crippen LogP contribution in [0.1, 0.15) is 11.5 Å². The minimum absolute atomic E-state index is 0.0840. The number of benzene rings is 2. The molecule has 3 aromatic rings. The molecule has 0 aliphatic rings. The summed E-state index contributed by atoms with van der Waals surface area (Å²) in [4.78, 5) is 17.0. The second-order valence-corrected chi connectivity index (χ2v) is 6.04. The van der Waals surface area contributed by atoms with Crippen LogP contribution in [0.25, 0.3) is 11.5 Å². The van der Waals surface area contributed by atoms with E-state index in [-0.39, 0.29) is 12.3 Å². The zero-order valence-electron chi connectivity index (χ0n) is 16.2. The van der Waals surface area contributed by atoms with Crippen molar-refractivity contribution in [2.24, 2.45) is 0 Å². The number of methoxy groups -OCH3 is 3. The number of aryl methyl sites for hydroxylation is 1. The fourth-order valence-electron chi connectivity index (χ4n) is 2.70. The molecule has 146 valence electrons. The lowest BCUT2D eigenvalue weighted by molar-refractivity contribution is -0.115. The molecule has 0 atom stereocenters. The van der Waals surface area contributed by atoms with Crippen molar-refractivity contribution >= 4 is 11.6 Å². The topological polar surface area (TPSA) is 82.8 Å². The van der Waals surface area contributed by atoms with Gasteiger partial charge < -0.3 is 23.9 Å². The second kappa shape index (κ2) is 8.47. The summed E-state index contributed by atoms with van der Waals surface area (Å²) in [5, 5.41) is 2.83. The van der Waals surface area contributed by atoms with Gasteiger partial charge in [-0.05, 0) is 43.3 Å². The molecule has 0 aliphatic heterocycles. The third-order valence-corrected chi connectivity index (χ3v) is 4.24. The van der Waals surface area contributed by atoms with Crippen LogP contribution in [-0.4, -0.2) is 32.2 Å². The lowest BCUT2D eigenvalue weighted by Crippen LogP contribution is -2.15. The van der Waals surface area contributed by atoms with Gasteiger partial charge in [-0.25, -0.2) is 4.98 Å². The molecular formula is C21H22N2O5. The fraction of sp³-hybridized carbons (Fsp3) is 0.238. The molecule has 1 heterocycles. The van der Waals surface area contributed by atoms with Crippen molar-refractivity contribution in [3.05, 3.63) is 53.9 Å². The molecule has 2 aromatic carbocycles. The number of amides is 1. The largest absolute Gasteiger partial charge is 0.497 e. The summed E-state index contributed by atoms with van der Waals surface area (Å²) < 4.78 is 21.4. The number of hydrogen-bond acceptors (Lipinski definition) is 6. The van der Waals surface area contributed by atoms with E-state index in [1.54, 1.807) is 39.3 Å². The number of carbonyl (C=O) groups is 1. The zero-order chi connectivity index (χ0) is 20.1. The summed E-state index contributed by atoms with van der Waals surface area (Å²) in [5.74, 6) is 2.75. The molecule has 0 aliphatic carbocycles. The Morgan fingerprint density at radius 3 is 2.32 bits per heavy atom. The first-order valence-electron chi connectivity index (χ1n) is 8.66. The van der Waals surface area contributed by atoms with Crippen molar-refractivity contribution in [3.8, 4) is 28.7 Å². The monoisotopic (exact) mass is 382 g/mol. The Hall–Kier alpha value is -3.48. The number of anilines is 1. The Bertz CT molecular complexity index is 963. The van der Waals surface area contributed by atoms with Gasteiger partial charge in [-0.3, -0.25) is 4.79 Å². The highest BCUT2D eigenvalue weighted by molar-refractivity contribution is 5.93. The van der Waals surface area contributed by atoms with Crippen molar-refractivity contribution in [1.82, 2.24) is 4.98 Å². The molecule has 0 spiro atoms. The third kappa shape index (κ3) is 4.25. The average Bonchev–Trinajstić information content (AvgIpc) is 3.08. The number of hydrogen-bond donors (Lipinski definition) is 1. The fourth-order valence-corrected chi connectivity index (χ4v) is 2.70. The number of nitrogens with zero attached hydrogens (tertiary/aromatic N) is 1. The highest BCUT2D eigenvalue weighted by Crippen LogP contribution is 2.29. The molecule has 3 rings (SSSR count).